The molecule has 1 aliphatic rings. The van der Waals surface area contributed by atoms with Crippen LogP contribution in [0.5, 0.6) is 0 Å². The van der Waals surface area contributed by atoms with Crippen molar-refractivity contribution in [3.05, 3.63) is 20.3 Å². The molecule has 78 valence electrons. The molecule has 0 radical (unpaired) electrons. The summed E-state index contributed by atoms with van der Waals surface area (Å²) in [6.07, 6.45) is 1.26. The summed E-state index contributed by atoms with van der Waals surface area (Å²) in [7, 11) is 0. The lowest BCUT2D eigenvalue weighted by Gasteiger charge is -2.12. The standard InChI is InChI=1S/C11H16BrNS/c1-6-4-8(12)10(14-6)9(13)7-5-11(7,2)3/h4,7,9H,5,13H2,1-3H3. The maximum absolute atomic E-state index is 6.27. The molecule has 2 unspecified atom stereocenters. The van der Waals surface area contributed by atoms with Gasteiger partial charge in [0.05, 0.1) is 0 Å². The van der Waals surface area contributed by atoms with Crippen LogP contribution in [-0.4, -0.2) is 0 Å². The van der Waals surface area contributed by atoms with Crippen LogP contribution in [0.3, 0.4) is 0 Å². The van der Waals surface area contributed by atoms with Gasteiger partial charge in [-0.05, 0) is 46.7 Å². The normalized spacial score (nSPS) is 26.2. The van der Waals surface area contributed by atoms with Gasteiger partial charge in [0, 0.05) is 20.3 Å². The zero-order valence-electron chi connectivity index (χ0n) is 8.80. The lowest BCUT2D eigenvalue weighted by atomic mass is 10.0. The van der Waals surface area contributed by atoms with Gasteiger partial charge in [0.15, 0.2) is 0 Å². The average Bonchev–Trinajstić information content (AvgIpc) is 2.55. The van der Waals surface area contributed by atoms with Crippen LogP contribution in [0.25, 0.3) is 0 Å². The molecule has 14 heavy (non-hydrogen) atoms. The van der Waals surface area contributed by atoms with E-state index in [-0.39, 0.29) is 6.04 Å². The van der Waals surface area contributed by atoms with Crippen LogP contribution in [0.1, 0.15) is 36.1 Å². The highest BCUT2D eigenvalue weighted by atomic mass is 79.9. The summed E-state index contributed by atoms with van der Waals surface area (Å²) in [5.74, 6) is 0.664. The minimum Gasteiger partial charge on any atom is -0.323 e. The van der Waals surface area contributed by atoms with Crippen LogP contribution >= 0.6 is 27.3 Å². The molecular formula is C11H16BrNS. The summed E-state index contributed by atoms with van der Waals surface area (Å²) in [5, 5.41) is 0. The van der Waals surface area contributed by atoms with Gasteiger partial charge in [0.1, 0.15) is 0 Å². The maximum atomic E-state index is 6.27. The molecule has 1 aliphatic carbocycles. The molecule has 0 aromatic carbocycles. The number of rotatable bonds is 2. The molecule has 2 N–H and O–H groups in total. The van der Waals surface area contributed by atoms with Crippen molar-refractivity contribution < 1.29 is 0 Å². The van der Waals surface area contributed by atoms with E-state index in [1.54, 1.807) is 0 Å². The molecule has 1 heterocycles. The van der Waals surface area contributed by atoms with Crippen LogP contribution in [0.15, 0.2) is 10.5 Å². The molecule has 2 atom stereocenters. The van der Waals surface area contributed by atoms with Crippen molar-refractivity contribution in [2.75, 3.05) is 0 Å². The van der Waals surface area contributed by atoms with Crippen molar-refractivity contribution in [2.45, 2.75) is 33.2 Å². The third-order valence-corrected chi connectivity index (χ3v) is 5.23. The van der Waals surface area contributed by atoms with E-state index in [1.165, 1.54) is 20.6 Å². The van der Waals surface area contributed by atoms with Gasteiger partial charge in [-0.1, -0.05) is 13.8 Å². The number of thiophene rings is 1. The minimum atomic E-state index is 0.220. The van der Waals surface area contributed by atoms with Crippen LogP contribution in [0, 0.1) is 18.3 Å². The van der Waals surface area contributed by atoms with Crippen LogP contribution in [0.2, 0.25) is 0 Å². The Balaban J connectivity index is 2.20. The molecule has 3 heteroatoms. The molecule has 1 aromatic heterocycles. The fourth-order valence-corrected chi connectivity index (χ4v) is 4.01. The number of halogens is 1. The average molecular weight is 274 g/mol. The van der Waals surface area contributed by atoms with E-state index in [0.29, 0.717) is 11.3 Å². The summed E-state index contributed by atoms with van der Waals surface area (Å²) >= 11 is 5.40. The summed E-state index contributed by atoms with van der Waals surface area (Å²) in [6.45, 7) is 6.72. The van der Waals surface area contributed by atoms with Crippen molar-refractivity contribution in [1.29, 1.82) is 0 Å². The Hall–Kier alpha value is 0.140. The molecule has 0 bridgehead atoms. The van der Waals surface area contributed by atoms with E-state index < -0.39 is 0 Å². The molecule has 1 saturated carbocycles. The third kappa shape index (κ3) is 1.77. The van der Waals surface area contributed by atoms with E-state index in [0.717, 1.165) is 0 Å². The van der Waals surface area contributed by atoms with Crippen molar-refractivity contribution in [3.8, 4) is 0 Å². The van der Waals surface area contributed by atoms with Crippen molar-refractivity contribution in [1.82, 2.24) is 0 Å². The highest BCUT2D eigenvalue weighted by Crippen LogP contribution is 2.58. The van der Waals surface area contributed by atoms with Gasteiger partial charge in [0.25, 0.3) is 0 Å². The highest BCUT2D eigenvalue weighted by molar-refractivity contribution is 9.10. The number of hydrogen-bond acceptors (Lipinski definition) is 2. The van der Waals surface area contributed by atoms with Gasteiger partial charge in [-0.25, -0.2) is 0 Å². The lowest BCUT2D eigenvalue weighted by molar-refractivity contribution is 0.495. The van der Waals surface area contributed by atoms with Gasteiger partial charge in [0.2, 0.25) is 0 Å². The fourth-order valence-electron chi connectivity index (χ4n) is 2.03. The monoisotopic (exact) mass is 273 g/mol. The number of nitrogens with two attached hydrogens (primary N) is 1. The first kappa shape index (κ1) is 10.7. The zero-order chi connectivity index (χ0) is 10.5. The zero-order valence-corrected chi connectivity index (χ0v) is 11.2. The number of aryl methyl sites for hydroxylation is 1. The summed E-state index contributed by atoms with van der Waals surface area (Å²) < 4.78 is 1.19. The van der Waals surface area contributed by atoms with E-state index in [4.69, 9.17) is 5.73 Å². The first-order chi connectivity index (χ1) is 6.42. The Morgan fingerprint density at radius 2 is 2.21 bits per heavy atom. The Kier molecular flexibility index (Phi) is 2.53. The second kappa shape index (κ2) is 3.32. The molecule has 2 rings (SSSR count). The Bertz CT molecular complexity index is 356. The first-order valence-corrected chi connectivity index (χ1v) is 6.54. The number of hydrogen-bond donors (Lipinski definition) is 1. The van der Waals surface area contributed by atoms with Crippen LogP contribution in [-0.2, 0) is 0 Å². The lowest BCUT2D eigenvalue weighted by Crippen LogP contribution is -2.14. The molecule has 0 saturated heterocycles. The maximum Gasteiger partial charge on any atom is 0.0435 e. The first-order valence-electron chi connectivity index (χ1n) is 4.93. The predicted molar refractivity (Wildman–Crippen MR) is 65.6 cm³/mol. The Labute approximate surface area is 97.8 Å². The van der Waals surface area contributed by atoms with Gasteiger partial charge in [-0.15, -0.1) is 11.3 Å². The van der Waals surface area contributed by atoms with Gasteiger partial charge in [-0.3, -0.25) is 0 Å². The predicted octanol–water partition coefficient (Wildman–Crippen LogP) is 3.86. The molecule has 1 nitrogen and oxygen atoms in total. The highest BCUT2D eigenvalue weighted by Gasteiger charge is 2.49. The van der Waals surface area contributed by atoms with Crippen molar-refractivity contribution in [2.24, 2.45) is 17.1 Å². The molecule has 1 aromatic rings. The van der Waals surface area contributed by atoms with Crippen molar-refractivity contribution >= 4 is 27.3 Å². The topological polar surface area (TPSA) is 26.0 Å². The summed E-state index contributed by atoms with van der Waals surface area (Å²) in [4.78, 5) is 2.65. The van der Waals surface area contributed by atoms with Gasteiger partial charge >= 0.3 is 0 Å². The van der Waals surface area contributed by atoms with Gasteiger partial charge < -0.3 is 5.73 Å². The van der Waals surface area contributed by atoms with Gasteiger partial charge in [-0.2, -0.15) is 0 Å². The summed E-state index contributed by atoms with van der Waals surface area (Å²) in [6, 6.07) is 2.38. The smallest absolute Gasteiger partial charge is 0.0435 e. The molecule has 0 spiro atoms. The third-order valence-electron chi connectivity index (χ3n) is 3.16. The molecule has 0 amide bonds. The fraction of sp³-hybridized carbons (Fsp3) is 0.636. The Morgan fingerprint density at radius 3 is 2.57 bits per heavy atom. The van der Waals surface area contributed by atoms with E-state index in [1.807, 2.05) is 11.3 Å². The second-order valence-corrected chi connectivity index (χ2v) is 7.04. The van der Waals surface area contributed by atoms with Crippen LogP contribution < -0.4 is 5.73 Å². The van der Waals surface area contributed by atoms with E-state index in [2.05, 4.69) is 42.8 Å². The SMILES string of the molecule is Cc1cc(Br)c(C(N)C2CC2(C)C)s1. The Morgan fingerprint density at radius 1 is 1.64 bits per heavy atom. The second-order valence-electron chi connectivity index (χ2n) is 4.89. The van der Waals surface area contributed by atoms with Crippen LogP contribution in [0.4, 0.5) is 0 Å². The van der Waals surface area contributed by atoms with E-state index >= 15 is 0 Å². The minimum absolute atomic E-state index is 0.220. The molecular weight excluding hydrogens is 258 g/mol. The molecule has 0 aliphatic heterocycles. The largest absolute Gasteiger partial charge is 0.323 e. The quantitative estimate of drug-likeness (QED) is 0.870. The molecule has 1 fully saturated rings. The summed E-state index contributed by atoms with van der Waals surface area (Å²) in [5.41, 5.74) is 6.73. The van der Waals surface area contributed by atoms with E-state index in [9.17, 15) is 0 Å². The van der Waals surface area contributed by atoms with Crippen molar-refractivity contribution in [3.63, 3.8) is 0 Å².